The van der Waals surface area contributed by atoms with Crippen molar-refractivity contribution in [3.63, 3.8) is 0 Å². The number of carboxylic acids is 1. The van der Waals surface area contributed by atoms with Crippen LogP contribution in [-0.2, 0) is 4.79 Å². The Balaban J connectivity index is 2.42. The third-order valence-corrected chi connectivity index (χ3v) is 4.60. The first kappa shape index (κ1) is 12.3. The van der Waals surface area contributed by atoms with Crippen LogP contribution in [0.4, 0.5) is 0 Å². The normalized spacial score (nSPS) is 18.9. The molecule has 1 aromatic rings. The van der Waals surface area contributed by atoms with Crippen molar-refractivity contribution in [2.75, 3.05) is 12.9 Å². The van der Waals surface area contributed by atoms with Crippen LogP contribution < -0.4 is 4.74 Å². The maximum atomic E-state index is 11.3. The van der Waals surface area contributed by atoms with Crippen LogP contribution in [0.15, 0.2) is 23.1 Å². The van der Waals surface area contributed by atoms with Crippen LogP contribution in [0.3, 0.4) is 0 Å². The molecule has 3 nitrogen and oxygen atoms in total. The Morgan fingerprint density at radius 2 is 2.24 bits per heavy atom. The largest absolute Gasteiger partial charge is 0.497 e. The molecule has 0 spiro atoms. The lowest BCUT2D eigenvalue weighted by Crippen LogP contribution is -2.31. The fraction of sp³-hybridized carbons (Fsp3) is 0.462. The van der Waals surface area contributed by atoms with Gasteiger partial charge in [0, 0.05) is 16.6 Å². The zero-order chi connectivity index (χ0) is 12.6. The topological polar surface area (TPSA) is 46.5 Å². The second kappa shape index (κ2) is 4.26. The molecule has 1 heterocycles. The Hall–Kier alpha value is -1.16. The van der Waals surface area contributed by atoms with E-state index >= 15 is 0 Å². The number of hydrogen-bond donors (Lipinski definition) is 1. The smallest absolute Gasteiger partial charge is 0.309 e. The Morgan fingerprint density at radius 3 is 2.82 bits per heavy atom. The monoisotopic (exact) mass is 252 g/mol. The lowest BCUT2D eigenvalue weighted by atomic mass is 9.76. The van der Waals surface area contributed by atoms with Crippen molar-refractivity contribution in [2.45, 2.75) is 24.7 Å². The number of aliphatic carboxylic acids is 1. The summed E-state index contributed by atoms with van der Waals surface area (Å²) < 4.78 is 5.20. The summed E-state index contributed by atoms with van der Waals surface area (Å²) in [5.41, 5.74) is 0.353. The van der Waals surface area contributed by atoms with Gasteiger partial charge in [0.05, 0.1) is 12.5 Å². The summed E-state index contributed by atoms with van der Waals surface area (Å²) in [5.74, 6) is 0.897. The van der Waals surface area contributed by atoms with Gasteiger partial charge in [0.1, 0.15) is 5.75 Å². The molecule has 0 aliphatic carbocycles. The van der Waals surface area contributed by atoms with Gasteiger partial charge in [0.25, 0.3) is 0 Å². The first-order valence-electron chi connectivity index (χ1n) is 5.51. The number of ether oxygens (including phenoxy) is 1. The Labute approximate surface area is 105 Å². The number of fused-ring (bicyclic) bond motifs is 1. The fourth-order valence-electron chi connectivity index (χ4n) is 2.07. The van der Waals surface area contributed by atoms with Crippen LogP contribution in [0.25, 0.3) is 0 Å². The summed E-state index contributed by atoms with van der Waals surface area (Å²) in [6.45, 7) is 3.57. The Kier molecular flexibility index (Phi) is 3.08. The van der Waals surface area contributed by atoms with Gasteiger partial charge in [-0.15, -0.1) is 11.8 Å². The number of carboxylic acid groups (broad SMARTS) is 1. The molecule has 1 unspecified atom stereocenters. The van der Waals surface area contributed by atoms with E-state index in [2.05, 4.69) is 0 Å². The van der Waals surface area contributed by atoms with Crippen LogP contribution in [0.2, 0.25) is 0 Å². The second-order valence-corrected chi connectivity index (χ2v) is 5.86. The van der Waals surface area contributed by atoms with E-state index in [1.54, 1.807) is 32.7 Å². The lowest BCUT2D eigenvalue weighted by molar-refractivity contribution is -0.147. The van der Waals surface area contributed by atoms with Crippen molar-refractivity contribution >= 4 is 17.7 Å². The maximum Gasteiger partial charge on any atom is 0.309 e. The Morgan fingerprint density at radius 1 is 1.53 bits per heavy atom. The van der Waals surface area contributed by atoms with E-state index in [4.69, 9.17) is 4.74 Å². The lowest BCUT2D eigenvalue weighted by Gasteiger charge is -2.27. The number of rotatable bonds is 3. The quantitative estimate of drug-likeness (QED) is 0.898. The highest BCUT2D eigenvalue weighted by atomic mass is 32.2. The summed E-state index contributed by atoms with van der Waals surface area (Å²) in [7, 11) is 1.63. The van der Waals surface area contributed by atoms with E-state index in [0.29, 0.717) is 0 Å². The Bertz CT molecular complexity index is 454. The third kappa shape index (κ3) is 2.02. The van der Waals surface area contributed by atoms with E-state index < -0.39 is 11.4 Å². The molecule has 0 bridgehead atoms. The molecule has 1 aliphatic heterocycles. The van der Waals surface area contributed by atoms with Crippen molar-refractivity contribution in [1.29, 1.82) is 0 Å². The summed E-state index contributed by atoms with van der Waals surface area (Å²) in [5, 5.41) is 9.31. The molecule has 92 valence electrons. The first-order chi connectivity index (χ1) is 7.96. The predicted octanol–water partition coefficient (Wildman–Crippen LogP) is 3.00. The molecule has 0 fully saturated rings. The molecule has 4 heteroatoms. The molecule has 1 N–H and O–H groups in total. The highest BCUT2D eigenvalue weighted by Crippen LogP contribution is 2.49. The number of thioether (sulfide) groups is 1. The average Bonchev–Trinajstić information content (AvgIpc) is 2.71. The van der Waals surface area contributed by atoms with Crippen LogP contribution in [-0.4, -0.2) is 23.9 Å². The van der Waals surface area contributed by atoms with E-state index in [0.717, 1.165) is 17.1 Å². The van der Waals surface area contributed by atoms with Gasteiger partial charge >= 0.3 is 5.97 Å². The summed E-state index contributed by atoms with van der Waals surface area (Å²) in [4.78, 5) is 12.5. The minimum Gasteiger partial charge on any atom is -0.497 e. The van der Waals surface area contributed by atoms with E-state index in [1.807, 2.05) is 18.2 Å². The molecule has 0 amide bonds. The van der Waals surface area contributed by atoms with Crippen LogP contribution in [0.1, 0.15) is 25.3 Å². The van der Waals surface area contributed by atoms with E-state index in [1.165, 1.54) is 4.90 Å². The summed E-state index contributed by atoms with van der Waals surface area (Å²) in [6, 6.07) is 5.89. The summed E-state index contributed by atoms with van der Waals surface area (Å²) in [6.07, 6.45) is 0. The average molecular weight is 252 g/mol. The number of hydrogen-bond acceptors (Lipinski definition) is 3. The van der Waals surface area contributed by atoms with Gasteiger partial charge in [0.15, 0.2) is 0 Å². The van der Waals surface area contributed by atoms with Crippen LogP contribution in [0, 0.1) is 5.41 Å². The number of methoxy groups -OCH3 is 1. The molecule has 0 radical (unpaired) electrons. The molecule has 1 aromatic carbocycles. The first-order valence-corrected chi connectivity index (χ1v) is 6.49. The fourth-order valence-corrected chi connectivity index (χ4v) is 3.54. The van der Waals surface area contributed by atoms with Gasteiger partial charge < -0.3 is 9.84 Å². The minimum atomic E-state index is -0.751. The molecule has 17 heavy (non-hydrogen) atoms. The molecule has 0 aromatic heterocycles. The van der Waals surface area contributed by atoms with E-state index in [9.17, 15) is 9.90 Å². The third-order valence-electron chi connectivity index (χ3n) is 3.42. The number of benzene rings is 1. The van der Waals surface area contributed by atoms with Gasteiger partial charge in [-0.1, -0.05) is 0 Å². The molecule has 2 rings (SSSR count). The van der Waals surface area contributed by atoms with Gasteiger partial charge in [-0.2, -0.15) is 0 Å². The van der Waals surface area contributed by atoms with Crippen molar-refractivity contribution in [2.24, 2.45) is 5.41 Å². The standard InChI is InChI=1S/C13H16O3S/c1-13(2,12(14)15)10-7-17-11-5-4-8(16-3)6-9(10)11/h4-6,10H,7H2,1-3H3,(H,14,15). The maximum absolute atomic E-state index is 11.3. The van der Waals surface area contributed by atoms with Crippen LogP contribution >= 0.6 is 11.8 Å². The van der Waals surface area contributed by atoms with Crippen molar-refractivity contribution in [1.82, 2.24) is 0 Å². The SMILES string of the molecule is COc1ccc2c(c1)C(C(C)(C)C(=O)O)CS2. The molecule has 0 saturated heterocycles. The summed E-state index contributed by atoms with van der Waals surface area (Å²) >= 11 is 1.72. The molecule has 1 aliphatic rings. The molecule has 0 saturated carbocycles. The van der Waals surface area contributed by atoms with E-state index in [-0.39, 0.29) is 5.92 Å². The van der Waals surface area contributed by atoms with Crippen LogP contribution in [0.5, 0.6) is 5.75 Å². The minimum absolute atomic E-state index is 0.0371. The number of carbonyl (C=O) groups is 1. The highest BCUT2D eigenvalue weighted by Gasteiger charge is 2.41. The van der Waals surface area contributed by atoms with Gasteiger partial charge in [-0.3, -0.25) is 4.79 Å². The van der Waals surface area contributed by atoms with Gasteiger partial charge in [-0.05, 0) is 37.6 Å². The zero-order valence-corrected chi connectivity index (χ0v) is 11.0. The van der Waals surface area contributed by atoms with Crippen molar-refractivity contribution < 1.29 is 14.6 Å². The van der Waals surface area contributed by atoms with Gasteiger partial charge in [0.2, 0.25) is 0 Å². The van der Waals surface area contributed by atoms with Gasteiger partial charge in [-0.25, -0.2) is 0 Å². The van der Waals surface area contributed by atoms with Crippen molar-refractivity contribution in [3.05, 3.63) is 23.8 Å². The molecule has 1 atom stereocenters. The zero-order valence-electron chi connectivity index (χ0n) is 10.2. The highest BCUT2D eigenvalue weighted by molar-refractivity contribution is 7.99. The molecular formula is C13H16O3S. The molecular weight excluding hydrogens is 236 g/mol. The second-order valence-electron chi connectivity index (χ2n) is 4.79. The van der Waals surface area contributed by atoms with Crippen molar-refractivity contribution in [3.8, 4) is 5.75 Å². The predicted molar refractivity (Wildman–Crippen MR) is 67.9 cm³/mol.